The summed E-state index contributed by atoms with van der Waals surface area (Å²) in [6, 6.07) is 9.63. The summed E-state index contributed by atoms with van der Waals surface area (Å²) in [5.74, 6) is -0.833. The zero-order valence-corrected chi connectivity index (χ0v) is 17.8. The molecule has 0 saturated heterocycles. The second-order valence-electron chi connectivity index (χ2n) is 7.67. The number of rotatable bonds is 7. The zero-order chi connectivity index (χ0) is 22.0. The largest absolute Gasteiger partial charge is 0.390 e. The van der Waals surface area contributed by atoms with E-state index in [1.807, 2.05) is 37.6 Å². The van der Waals surface area contributed by atoms with Crippen molar-refractivity contribution in [2.45, 2.75) is 47.7 Å². The molecule has 9 nitrogen and oxygen atoms in total. The molecule has 1 unspecified atom stereocenters. The number of carbonyl (C=O) groups excluding carboxylic acids is 1. The molecule has 1 aromatic carbocycles. The van der Waals surface area contributed by atoms with Gasteiger partial charge in [-0.05, 0) is 38.2 Å². The minimum atomic E-state index is -0.538. The molecule has 3 aromatic rings. The van der Waals surface area contributed by atoms with Crippen LogP contribution in [0.25, 0.3) is 0 Å². The van der Waals surface area contributed by atoms with Crippen molar-refractivity contribution in [2.75, 3.05) is 5.32 Å². The molecule has 2 aromatic heterocycles. The SMILES string of the molecule is Cc1cccc(Cn2nc(C)c(NC(=O)C(C)Cn3nc([N+](=O)[O-])cc3C)c2C)c1. The molecule has 2 heterocycles. The molecule has 3 rings (SSSR count). The second-order valence-corrected chi connectivity index (χ2v) is 7.67. The van der Waals surface area contributed by atoms with Gasteiger partial charge in [-0.2, -0.15) is 9.78 Å². The van der Waals surface area contributed by atoms with E-state index in [9.17, 15) is 14.9 Å². The molecule has 0 radical (unpaired) electrons. The zero-order valence-electron chi connectivity index (χ0n) is 17.8. The van der Waals surface area contributed by atoms with E-state index in [1.54, 1.807) is 13.8 Å². The Balaban J connectivity index is 1.72. The van der Waals surface area contributed by atoms with Gasteiger partial charge in [0.15, 0.2) is 0 Å². The van der Waals surface area contributed by atoms with Crippen LogP contribution >= 0.6 is 0 Å². The highest BCUT2D eigenvalue weighted by atomic mass is 16.6. The minimum absolute atomic E-state index is 0.186. The molecule has 0 aliphatic rings. The smallest absolute Gasteiger partial charge is 0.358 e. The van der Waals surface area contributed by atoms with Gasteiger partial charge in [-0.3, -0.25) is 9.48 Å². The summed E-state index contributed by atoms with van der Waals surface area (Å²) < 4.78 is 3.37. The molecule has 0 bridgehead atoms. The van der Waals surface area contributed by atoms with E-state index < -0.39 is 10.8 Å². The molecule has 0 fully saturated rings. The Morgan fingerprint density at radius 2 is 1.90 bits per heavy atom. The lowest BCUT2D eigenvalue weighted by atomic mass is 10.1. The van der Waals surface area contributed by atoms with Crippen LogP contribution in [0.4, 0.5) is 11.5 Å². The molecule has 158 valence electrons. The maximum atomic E-state index is 12.8. The third kappa shape index (κ3) is 4.56. The fraction of sp³-hybridized carbons (Fsp3) is 0.381. The van der Waals surface area contributed by atoms with Crippen LogP contribution in [0.2, 0.25) is 0 Å². The van der Waals surface area contributed by atoms with Gasteiger partial charge in [0.25, 0.3) is 0 Å². The predicted molar refractivity (Wildman–Crippen MR) is 113 cm³/mol. The van der Waals surface area contributed by atoms with E-state index in [4.69, 9.17) is 0 Å². The van der Waals surface area contributed by atoms with E-state index in [2.05, 4.69) is 27.6 Å². The van der Waals surface area contributed by atoms with Crippen LogP contribution in [-0.4, -0.2) is 30.4 Å². The summed E-state index contributed by atoms with van der Waals surface area (Å²) in [5, 5.41) is 22.4. The molecular weight excluding hydrogens is 384 g/mol. The summed E-state index contributed by atoms with van der Waals surface area (Å²) in [6.07, 6.45) is 0. The van der Waals surface area contributed by atoms with Crippen molar-refractivity contribution in [3.05, 3.63) is 68.7 Å². The van der Waals surface area contributed by atoms with E-state index in [0.717, 1.165) is 17.0 Å². The predicted octanol–water partition coefficient (Wildman–Crippen LogP) is 3.54. The summed E-state index contributed by atoms with van der Waals surface area (Å²) in [5.41, 5.74) is 5.28. The minimum Gasteiger partial charge on any atom is -0.358 e. The Labute approximate surface area is 174 Å². The second kappa shape index (κ2) is 8.48. The van der Waals surface area contributed by atoms with Crippen LogP contribution in [0.15, 0.2) is 30.3 Å². The third-order valence-corrected chi connectivity index (χ3v) is 5.09. The fourth-order valence-corrected chi connectivity index (χ4v) is 3.37. The highest BCUT2D eigenvalue weighted by Gasteiger charge is 2.22. The number of aromatic nitrogens is 4. The Hall–Kier alpha value is -3.49. The number of nitrogens with one attached hydrogen (secondary N) is 1. The maximum Gasteiger partial charge on any atom is 0.390 e. The number of aryl methyl sites for hydroxylation is 3. The molecule has 30 heavy (non-hydrogen) atoms. The van der Waals surface area contributed by atoms with Crippen molar-refractivity contribution < 1.29 is 9.72 Å². The van der Waals surface area contributed by atoms with Crippen LogP contribution in [0.1, 0.15) is 35.1 Å². The molecule has 0 spiro atoms. The van der Waals surface area contributed by atoms with Crippen LogP contribution in [-0.2, 0) is 17.9 Å². The summed E-state index contributed by atoms with van der Waals surface area (Å²) in [6.45, 7) is 10.2. The normalized spacial score (nSPS) is 12.0. The van der Waals surface area contributed by atoms with Crippen LogP contribution < -0.4 is 5.32 Å². The first-order chi connectivity index (χ1) is 14.2. The average molecular weight is 410 g/mol. The molecule has 1 atom stereocenters. The first kappa shape index (κ1) is 21.2. The molecule has 0 saturated carbocycles. The quantitative estimate of drug-likeness (QED) is 0.473. The summed E-state index contributed by atoms with van der Waals surface area (Å²) in [7, 11) is 0. The molecular formula is C21H26N6O3. The lowest BCUT2D eigenvalue weighted by Crippen LogP contribution is -2.25. The van der Waals surface area contributed by atoms with Crippen molar-refractivity contribution in [1.82, 2.24) is 19.6 Å². The van der Waals surface area contributed by atoms with Gasteiger partial charge in [-0.1, -0.05) is 36.8 Å². The number of anilines is 1. The van der Waals surface area contributed by atoms with Gasteiger partial charge < -0.3 is 15.4 Å². The van der Waals surface area contributed by atoms with E-state index in [0.29, 0.717) is 17.9 Å². The highest BCUT2D eigenvalue weighted by Crippen LogP contribution is 2.22. The van der Waals surface area contributed by atoms with Crippen molar-refractivity contribution >= 4 is 17.4 Å². The number of hydrogen-bond donors (Lipinski definition) is 1. The van der Waals surface area contributed by atoms with E-state index in [-0.39, 0.29) is 18.3 Å². The number of hydrogen-bond acceptors (Lipinski definition) is 5. The van der Waals surface area contributed by atoms with Crippen LogP contribution in [0, 0.1) is 43.7 Å². The average Bonchev–Trinajstić information content (AvgIpc) is 3.16. The van der Waals surface area contributed by atoms with Gasteiger partial charge in [0.05, 0.1) is 52.9 Å². The Morgan fingerprint density at radius 1 is 1.17 bits per heavy atom. The molecule has 1 N–H and O–H groups in total. The van der Waals surface area contributed by atoms with Crippen molar-refractivity contribution in [1.29, 1.82) is 0 Å². The van der Waals surface area contributed by atoms with Crippen LogP contribution in [0.5, 0.6) is 0 Å². The maximum absolute atomic E-state index is 12.8. The Morgan fingerprint density at radius 3 is 2.53 bits per heavy atom. The molecule has 9 heteroatoms. The molecule has 1 amide bonds. The first-order valence-electron chi connectivity index (χ1n) is 9.75. The van der Waals surface area contributed by atoms with E-state index >= 15 is 0 Å². The van der Waals surface area contributed by atoms with Crippen molar-refractivity contribution in [3.63, 3.8) is 0 Å². The lowest BCUT2D eigenvalue weighted by Gasteiger charge is -2.12. The van der Waals surface area contributed by atoms with E-state index in [1.165, 1.54) is 16.3 Å². The van der Waals surface area contributed by atoms with Crippen molar-refractivity contribution in [2.24, 2.45) is 5.92 Å². The number of nitro groups is 1. The first-order valence-corrected chi connectivity index (χ1v) is 9.75. The van der Waals surface area contributed by atoms with Gasteiger partial charge in [0, 0.05) is 0 Å². The monoisotopic (exact) mass is 410 g/mol. The third-order valence-electron chi connectivity index (χ3n) is 5.09. The summed E-state index contributed by atoms with van der Waals surface area (Å²) in [4.78, 5) is 23.1. The fourth-order valence-electron chi connectivity index (χ4n) is 3.37. The van der Waals surface area contributed by atoms with Gasteiger partial charge in [0.2, 0.25) is 5.91 Å². The number of benzene rings is 1. The lowest BCUT2D eigenvalue weighted by molar-refractivity contribution is -0.389. The number of nitrogens with zero attached hydrogens (tertiary/aromatic N) is 5. The van der Waals surface area contributed by atoms with Crippen LogP contribution in [0.3, 0.4) is 0 Å². The molecule has 0 aliphatic carbocycles. The number of amides is 1. The van der Waals surface area contributed by atoms with Gasteiger partial charge in [0.1, 0.15) is 0 Å². The molecule has 0 aliphatic heterocycles. The van der Waals surface area contributed by atoms with Gasteiger partial charge in [-0.15, -0.1) is 0 Å². The summed E-state index contributed by atoms with van der Waals surface area (Å²) >= 11 is 0. The van der Waals surface area contributed by atoms with Gasteiger partial charge >= 0.3 is 5.82 Å². The highest BCUT2D eigenvalue weighted by molar-refractivity contribution is 5.93. The Kier molecular flexibility index (Phi) is 6.00. The number of carbonyl (C=O) groups is 1. The Bertz CT molecular complexity index is 1100. The van der Waals surface area contributed by atoms with Crippen molar-refractivity contribution in [3.8, 4) is 0 Å². The van der Waals surface area contributed by atoms with Gasteiger partial charge in [-0.25, -0.2) is 0 Å². The standard InChI is InChI=1S/C21H26N6O3/c1-13-7-6-8-18(9-13)12-26-17(5)20(16(4)23-26)22-21(28)14(2)11-25-15(3)10-19(24-25)27(29)30/h6-10,14H,11-12H2,1-5H3,(H,22,28). The topological polar surface area (TPSA) is 108 Å².